The van der Waals surface area contributed by atoms with Crippen LogP contribution in [0.2, 0.25) is 5.02 Å². The number of hydrogen-bond donors (Lipinski definition) is 4. The smallest absolute Gasteiger partial charge is 0.417 e. The maximum atomic E-state index is 13.8. The largest absolute Gasteiger partial charge is 0.493 e. The Kier molecular flexibility index (Phi) is 13.3. The number of likely N-dealkylation sites (tertiary alicyclic amines) is 1. The number of nitrogens with zero attached hydrogens (tertiary/aromatic N) is 4. The predicted octanol–water partition coefficient (Wildman–Crippen LogP) is 6.92. The van der Waals surface area contributed by atoms with Gasteiger partial charge in [-0.2, -0.15) is 18.4 Å². The Balaban J connectivity index is 1.01. The number of amides is 4. The summed E-state index contributed by atoms with van der Waals surface area (Å²) >= 11 is 11.0. The summed E-state index contributed by atoms with van der Waals surface area (Å²) in [6.07, 6.45) is -1.80. The van der Waals surface area contributed by atoms with Gasteiger partial charge in [-0.05, 0) is 119 Å². The molecule has 3 fully saturated rings. The summed E-state index contributed by atoms with van der Waals surface area (Å²) in [4.78, 5) is 55.2. The second-order valence-electron chi connectivity index (χ2n) is 15.3. The van der Waals surface area contributed by atoms with Crippen molar-refractivity contribution in [3.63, 3.8) is 0 Å². The number of thiol groups is 1. The molecule has 6 rings (SSSR count). The zero-order valence-electron chi connectivity index (χ0n) is 32.4. The van der Waals surface area contributed by atoms with Crippen molar-refractivity contribution in [1.82, 2.24) is 10.2 Å². The molecule has 3 aliphatic heterocycles. The number of halogens is 5. The van der Waals surface area contributed by atoms with E-state index >= 15 is 0 Å². The number of piperidine rings is 2. The fourth-order valence-electron chi connectivity index (χ4n) is 7.73. The molecular formula is C41H44ClF4N7O5S. The Labute approximate surface area is 349 Å². The summed E-state index contributed by atoms with van der Waals surface area (Å²) in [7, 11) is 0. The quantitative estimate of drug-likeness (QED) is 0.0818. The van der Waals surface area contributed by atoms with E-state index in [1.165, 1.54) is 6.07 Å². The highest BCUT2D eigenvalue weighted by molar-refractivity contribution is 7.81. The minimum absolute atomic E-state index is 0.0320. The van der Waals surface area contributed by atoms with E-state index in [2.05, 4.69) is 33.5 Å². The molecule has 3 aromatic rings. The van der Waals surface area contributed by atoms with Crippen LogP contribution in [0.4, 0.5) is 40.3 Å². The molecule has 0 radical (unpaired) electrons. The van der Waals surface area contributed by atoms with Crippen LogP contribution in [0.25, 0.3) is 0 Å². The lowest BCUT2D eigenvalue weighted by atomic mass is 9.94. The molecule has 3 N–H and O–H groups in total. The standard InChI is InChI=1S/C41H44ClF4N7O5S/c1-40(2)38(57)52(30-4-3-26(22-47)32(21-30)41(44,45)46)39(59)53(40)31-5-7-34(25(17-31)9-13-43)58-16-12-24-10-14-51(15-11-24)23-36(55)49-29-19-27(42)18-28(20-29)48-33-6-8-35(54)50-37(33)56/h3-5,7,17-21,24,33,39,48,59H,6,8-16,23H2,1-2H3,(H,49,55)(H,50,54,56). The van der Waals surface area contributed by atoms with E-state index in [0.29, 0.717) is 65.4 Å². The molecule has 3 saturated heterocycles. The third-order valence-corrected chi connectivity index (χ3v) is 11.5. The van der Waals surface area contributed by atoms with Gasteiger partial charge in [0.15, 0.2) is 5.50 Å². The van der Waals surface area contributed by atoms with Crippen LogP contribution in [0.3, 0.4) is 0 Å². The number of carbonyl (C=O) groups excluding carboxylic acids is 4. The van der Waals surface area contributed by atoms with Crippen molar-refractivity contribution < 1.29 is 41.5 Å². The van der Waals surface area contributed by atoms with E-state index in [1.807, 2.05) is 0 Å². The van der Waals surface area contributed by atoms with Crippen LogP contribution >= 0.6 is 24.2 Å². The fourth-order valence-corrected chi connectivity index (χ4v) is 8.63. The van der Waals surface area contributed by atoms with Crippen LogP contribution in [0.5, 0.6) is 5.75 Å². The molecular weight excluding hydrogens is 814 g/mol. The van der Waals surface area contributed by atoms with E-state index in [4.69, 9.17) is 16.3 Å². The highest BCUT2D eigenvalue weighted by Gasteiger charge is 2.52. The number of carbonyl (C=O) groups is 4. The van der Waals surface area contributed by atoms with Crippen molar-refractivity contribution in [2.75, 3.05) is 53.3 Å². The average molecular weight is 858 g/mol. The van der Waals surface area contributed by atoms with Gasteiger partial charge >= 0.3 is 6.18 Å². The Morgan fingerprint density at radius 3 is 2.42 bits per heavy atom. The number of anilines is 4. The highest BCUT2D eigenvalue weighted by Crippen LogP contribution is 2.43. The lowest BCUT2D eigenvalue weighted by Crippen LogP contribution is -2.47. The maximum absolute atomic E-state index is 13.8. The first-order chi connectivity index (χ1) is 28.0. The summed E-state index contributed by atoms with van der Waals surface area (Å²) < 4.78 is 61.3. The second kappa shape index (κ2) is 18.1. The van der Waals surface area contributed by atoms with Crippen LogP contribution in [0.1, 0.15) is 62.6 Å². The molecule has 18 heteroatoms. The van der Waals surface area contributed by atoms with Crippen molar-refractivity contribution in [3.8, 4) is 11.8 Å². The van der Waals surface area contributed by atoms with Crippen LogP contribution in [0, 0.1) is 17.2 Å². The van der Waals surface area contributed by atoms with Gasteiger partial charge in [0.2, 0.25) is 17.7 Å². The van der Waals surface area contributed by atoms with Gasteiger partial charge in [-0.1, -0.05) is 11.6 Å². The van der Waals surface area contributed by atoms with Crippen LogP contribution in [-0.4, -0.2) is 78.5 Å². The Bertz CT molecular complexity index is 2140. The van der Waals surface area contributed by atoms with Crippen LogP contribution in [0.15, 0.2) is 54.6 Å². The van der Waals surface area contributed by atoms with Gasteiger partial charge in [0.25, 0.3) is 5.91 Å². The first-order valence-corrected chi connectivity index (χ1v) is 20.0. The molecule has 59 heavy (non-hydrogen) atoms. The van der Waals surface area contributed by atoms with E-state index < -0.39 is 52.9 Å². The summed E-state index contributed by atoms with van der Waals surface area (Å²) in [5.41, 5.74) is -1.98. The lowest BCUT2D eigenvalue weighted by Gasteiger charge is -2.34. The number of aryl methyl sites for hydroxylation is 1. The Hall–Kier alpha value is -5.05. The van der Waals surface area contributed by atoms with Crippen molar-refractivity contribution in [2.45, 2.75) is 75.6 Å². The number of hydrogen-bond acceptors (Lipinski definition) is 10. The molecule has 2 unspecified atom stereocenters. The molecule has 3 aromatic carbocycles. The normalized spacial score (nSPS) is 20.0. The molecule has 3 heterocycles. The maximum Gasteiger partial charge on any atom is 0.417 e. The topological polar surface area (TPSA) is 147 Å². The zero-order chi connectivity index (χ0) is 42.6. The van der Waals surface area contributed by atoms with E-state index in [1.54, 1.807) is 61.2 Å². The zero-order valence-corrected chi connectivity index (χ0v) is 34.0. The molecule has 0 bridgehead atoms. The van der Waals surface area contributed by atoms with Crippen LogP contribution < -0.4 is 30.5 Å². The monoisotopic (exact) mass is 857 g/mol. The minimum atomic E-state index is -4.81. The fraction of sp³-hybridized carbons (Fsp3) is 0.439. The number of ether oxygens (including phenoxy) is 1. The van der Waals surface area contributed by atoms with E-state index in [0.717, 1.165) is 36.3 Å². The van der Waals surface area contributed by atoms with Gasteiger partial charge < -0.3 is 20.3 Å². The first kappa shape index (κ1) is 43.5. The first-order valence-electron chi connectivity index (χ1n) is 19.2. The van der Waals surface area contributed by atoms with Crippen molar-refractivity contribution in [3.05, 3.63) is 76.3 Å². The minimum Gasteiger partial charge on any atom is -0.493 e. The number of imide groups is 1. The molecule has 0 spiro atoms. The SMILES string of the molecule is CC1(C)C(=O)N(c2ccc(C#N)c(C(F)(F)F)c2)C(S)N1c1ccc(OCCC2CCN(CC(=O)Nc3cc(Cl)cc(NC4CCC(=O)NC4=O)c3)CC2)c(CCF)c1. The number of nitrogens with one attached hydrogen (secondary N) is 3. The lowest BCUT2D eigenvalue weighted by molar-refractivity contribution is -0.138. The molecule has 0 saturated carbocycles. The van der Waals surface area contributed by atoms with Gasteiger partial charge in [-0.15, -0.1) is 12.6 Å². The number of benzene rings is 3. The summed E-state index contributed by atoms with van der Waals surface area (Å²) in [6.45, 7) is 4.53. The van der Waals surface area contributed by atoms with Gasteiger partial charge in [0.05, 0.1) is 37.0 Å². The number of alkyl halides is 4. The summed E-state index contributed by atoms with van der Waals surface area (Å²) in [6, 6.07) is 14.1. The van der Waals surface area contributed by atoms with Crippen molar-refractivity contribution >= 4 is 70.6 Å². The summed E-state index contributed by atoms with van der Waals surface area (Å²) in [5.74, 6) is -0.640. The third kappa shape index (κ3) is 10.0. The molecule has 0 aromatic heterocycles. The Morgan fingerprint density at radius 2 is 1.75 bits per heavy atom. The van der Waals surface area contributed by atoms with Gasteiger partial charge in [0, 0.05) is 40.6 Å². The number of rotatable bonds is 13. The average Bonchev–Trinajstić information content (AvgIpc) is 3.35. The molecule has 2 atom stereocenters. The van der Waals surface area contributed by atoms with Gasteiger partial charge in [0.1, 0.15) is 17.3 Å². The van der Waals surface area contributed by atoms with Crippen molar-refractivity contribution in [2.24, 2.45) is 5.92 Å². The molecule has 12 nitrogen and oxygen atoms in total. The highest BCUT2D eigenvalue weighted by atomic mass is 35.5. The second-order valence-corrected chi connectivity index (χ2v) is 16.2. The third-order valence-electron chi connectivity index (χ3n) is 10.8. The molecule has 4 amide bonds. The van der Waals surface area contributed by atoms with Crippen LogP contribution in [-0.2, 0) is 31.8 Å². The number of nitriles is 1. The molecule has 314 valence electrons. The van der Waals surface area contributed by atoms with Gasteiger partial charge in [-0.3, -0.25) is 38.7 Å². The van der Waals surface area contributed by atoms with Gasteiger partial charge in [-0.25, -0.2) is 0 Å². The predicted molar refractivity (Wildman–Crippen MR) is 218 cm³/mol. The van der Waals surface area contributed by atoms with Crippen molar-refractivity contribution in [1.29, 1.82) is 5.26 Å². The summed E-state index contributed by atoms with van der Waals surface area (Å²) in [5, 5.41) is 17.9. The molecule has 0 aliphatic carbocycles. The van der Waals surface area contributed by atoms with E-state index in [9.17, 15) is 42.0 Å². The Morgan fingerprint density at radius 1 is 1.03 bits per heavy atom. The molecule has 3 aliphatic rings. The van der Waals surface area contributed by atoms with E-state index in [-0.39, 0.29) is 36.9 Å².